The summed E-state index contributed by atoms with van der Waals surface area (Å²) in [5.41, 5.74) is 6.13. The van der Waals surface area contributed by atoms with E-state index in [1.165, 1.54) is 51.6 Å². The predicted molar refractivity (Wildman–Crippen MR) is 78.5 cm³/mol. The smallest absolute Gasteiger partial charge is 0.0126 e. The monoisotopic (exact) mass is 252 g/mol. The maximum Gasteiger partial charge on any atom is 0.0126 e. The molecule has 2 N–H and O–H groups in total. The summed E-state index contributed by atoms with van der Waals surface area (Å²) in [6, 6.07) is 1.22. The summed E-state index contributed by atoms with van der Waals surface area (Å²) >= 11 is 0. The zero-order valence-electron chi connectivity index (χ0n) is 12.6. The Morgan fingerprint density at radius 1 is 1.00 bits per heavy atom. The second kappa shape index (κ2) is 6.38. The van der Waals surface area contributed by atoms with Gasteiger partial charge in [-0.05, 0) is 56.9 Å². The quantitative estimate of drug-likeness (QED) is 0.835. The molecule has 1 aliphatic heterocycles. The molecule has 4 unspecified atom stereocenters. The molecule has 0 amide bonds. The highest BCUT2D eigenvalue weighted by Crippen LogP contribution is 2.35. The van der Waals surface area contributed by atoms with Gasteiger partial charge < -0.3 is 5.73 Å². The number of hydrogen-bond donors (Lipinski definition) is 1. The molecular weight excluding hydrogens is 220 g/mol. The van der Waals surface area contributed by atoms with Crippen LogP contribution in [0.15, 0.2) is 0 Å². The van der Waals surface area contributed by atoms with E-state index in [4.69, 9.17) is 5.73 Å². The topological polar surface area (TPSA) is 29.3 Å². The number of piperidine rings is 1. The molecular formula is C16H32N2. The van der Waals surface area contributed by atoms with Crippen molar-refractivity contribution in [2.45, 2.75) is 71.4 Å². The fourth-order valence-corrected chi connectivity index (χ4v) is 4.14. The first-order chi connectivity index (χ1) is 8.59. The highest BCUT2D eigenvalue weighted by Gasteiger charge is 2.34. The fraction of sp³-hybridized carbons (Fsp3) is 1.00. The fourth-order valence-electron chi connectivity index (χ4n) is 4.14. The van der Waals surface area contributed by atoms with Gasteiger partial charge in [-0.15, -0.1) is 0 Å². The van der Waals surface area contributed by atoms with E-state index in [9.17, 15) is 0 Å². The lowest BCUT2D eigenvalue weighted by Crippen LogP contribution is -2.51. The third-order valence-corrected chi connectivity index (χ3v) is 5.34. The maximum absolute atomic E-state index is 6.13. The van der Waals surface area contributed by atoms with Crippen LogP contribution in [0.25, 0.3) is 0 Å². The Balaban J connectivity index is 1.99. The number of likely N-dealkylation sites (tertiary alicyclic amines) is 1. The molecule has 2 rings (SSSR count). The van der Waals surface area contributed by atoms with E-state index in [1.54, 1.807) is 0 Å². The molecule has 2 aliphatic rings. The first-order valence-electron chi connectivity index (χ1n) is 8.09. The largest absolute Gasteiger partial charge is 0.328 e. The number of nitrogens with two attached hydrogens (primary N) is 1. The summed E-state index contributed by atoms with van der Waals surface area (Å²) in [4.78, 5) is 2.79. The van der Waals surface area contributed by atoms with Crippen molar-refractivity contribution in [3.05, 3.63) is 0 Å². The lowest BCUT2D eigenvalue weighted by Gasteiger charge is -2.46. The van der Waals surface area contributed by atoms with Crippen LogP contribution in [-0.4, -0.2) is 30.1 Å². The van der Waals surface area contributed by atoms with Gasteiger partial charge in [-0.25, -0.2) is 0 Å². The third kappa shape index (κ3) is 3.27. The zero-order chi connectivity index (χ0) is 13.1. The molecule has 2 nitrogen and oxygen atoms in total. The van der Waals surface area contributed by atoms with Gasteiger partial charge in [0.25, 0.3) is 0 Å². The molecule has 1 heterocycles. The van der Waals surface area contributed by atoms with Crippen molar-refractivity contribution in [2.75, 3.05) is 13.1 Å². The van der Waals surface area contributed by atoms with Crippen molar-refractivity contribution in [1.29, 1.82) is 0 Å². The lowest BCUT2D eigenvalue weighted by atomic mass is 9.76. The second-order valence-electron chi connectivity index (χ2n) is 7.02. The SMILES string of the molecule is CC(C)C1CCCCC1N1CCCC(C(C)N)C1. The van der Waals surface area contributed by atoms with Gasteiger partial charge in [-0.2, -0.15) is 0 Å². The van der Waals surface area contributed by atoms with E-state index in [-0.39, 0.29) is 0 Å². The minimum Gasteiger partial charge on any atom is -0.328 e. The summed E-state index contributed by atoms with van der Waals surface area (Å²) in [6.45, 7) is 9.59. The van der Waals surface area contributed by atoms with E-state index in [1.807, 2.05) is 0 Å². The average molecular weight is 252 g/mol. The van der Waals surface area contributed by atoms with Crippen LogP contribution in [0.2, 0.25) is 0 Å². The molecule has 1 aliphatic carbocycles. The Bertz CT molecular complexity index is 249. The lowest BCUT2D eigenvalue weighted by molar-refractivity contribution is 0.0402. The first kappa shape index (κ1) is 14.3. The Labute approximate surface area is 113 Å². The van der Waals surface area contributed by atoms with Gasteiger partial charge in [0.1, 0.15) is 0 Å². The van der Waals surface area contributed by atoms with E-state index < -0.39 is 0 Å². The summed E-state index contributed by atoms with van der Waals surface area (Å²) in [5.74, 6) is 2.49. The summed E-state index contributed by atoms with van der Waals surface area (Å²) < 4.78 is 0. The van der Waals surface area contributed by atoms with Crippen molar-refractivity contribution < 1.29 is 0 Å². The summed E-state index contributed by atoms with van der Waals surface area (Å²) in [5, 5.41) is 0. The summed E-state index contributed by atoms with van der Waals surface area (Å²) in [7, 11) is 0. The van der Waals surface area contributed by atoms with Gasteiger partial charge in [0, 0.05) is 18.6 Å². The van der Waals surface area contributed by atoms with Crippen LogP contribution in [0.1, 0.15) is 59.3 Å². The Hall–Kier alpha value is -0.0800. The van der Waals surface area contributed by atoms with Crippen molar-refractivity contribution >= 4 is 0 Å². The average Bonchev–Trinajstić information content (AvgIpc) is 2.39. The molecule has 0 aromatic rings. The van der Waals surface area contributed by atoms with Crippen molar-refractivity contribution in [1.82, 2.24) is 4.90 Å². The second-order valence-corrected chi connectivity index (χ2v) is 7.02. The molecule has 0 aromatic heterocycles. The van der Waals surface area contributed by atoms with Crippen molar-refractivity contribution in [3.63, 3.8) is 0 Å². The highest BCUT2D eigenvalue weighted by atomic mass is 15.2. The highest BCUT2D eigenvalue weighted by molar-refractivity contribution is 4.89. The van der Waals surface area contributed by atoms with Crippen LogP contribution in [0.4, 0.5) is 0 Å². The van der Waals surface area contributed by atoms with Gasteiger partial charge in [0.2, 0.25) is 0 Å². The molecule has 106 valence electrons. The number of hydrogen-bond acceptors (Lipinski definition) is 2. The van der Waals surface area contributed by atoms with Crippen LogP contribution in [0.3, 0.4) is 0 Å². The third-order valence-electron chi connectivity index (χ3n) is 5.34. The minimum absolute atomic E-state index is 0.369. The Morgan fingerprint density at radius 2 is 1.72 bits per heavy atom. The van der Waals surface area contributed by atoms with E-state index in [0.29, 0.717) is 6.04 Å². The van der Waals surface area contributed by atoms with Gasteiger partial charge >= 0.3 is 0 Å². The molecule has 0 spiro atoms. The molecule has 2 heteroatoms. The van der Waals surface area contributed by atoms with Crippen LogP contribution < -0.4 is 5.73 Å². The van der Waals surface area contributed by atoms with E-state index >= 15 is 0 Å². The molecule has 1 saturated heterocycles. The maximum atomic E-state index is 6.13. The van der Waals surface area contributed by atoms with Gasteiger partial charge in [0.15, 0.2) is 0 Å². The van der Waals surface area contributed by atoms with Crippen LogP contribution in [0, 0.1) is 17.8 Å². The van der Waals surface area contributed by atoms with E-state index in [2.05, 4.69) is 25.7 Å². The van der Waals surface area contributed by atoms with Crippen LogP contribution in [-0.2, 0) is 0 Å². The van der Waals surface area contributed by atoms with Crippen LogP contribution >= 0.6 is 0 Å². The molecule has 2 fully saturated rings. The molecule has 0 bridgehead atoms. The first-order valence-corrected chi connectivity index (χ1v) is 8.09. The van der Waals surface area contributed by atoms with E-state index in [0.717, 1.165) is 23.8 Å². The summed E-state index contributed by atoms with van der Waals surface area (Å²) in [6.07, 6.45) is 8.45. The van der Waals surface area contributed by atoms with Gasteiger partial charge in [0.05, 0.1) is 0 Å². The Morgan fingerprint density at radius 3 is 2.39 bits per heavy atom. The van der Waals surface area contributed by atoms with Crippen molar-refractivity contribution in [3.8, 4) is 0 Å². The number of rotatable bonds is 3. The molecule has 1 saturated carbocycles. The number of nitrogens with zero attached hydrogens (tertiary/aromatic N) is 1. The minimum atomic E-state index is 0.369. The molecule has 0 aromatic carbocycles. The molecule has 0 radical (unpaired) electrons. The van der Waals surface area contributed by atoms with Crippen molar-refractivity contribution in [2.24, 2.45) is 23.5 Å². The Kier molecular flexibility index (Phi) is 5.08. The standard InChI is InChI=1S/C16H32N2/c1-12(2)15-8-4-5-9-16(15)18-10-6-7-14(11-18)13(3)17/h12-16H,4-11,17H2,1-3H3. The normalized spacial score (nSPS) is 36.8. The van der Waals surface area contributed by atoms with Gasteiger partial charge in [-0.1, -0.05) is 26.7 Å². The molecule has 18 heavy (non-hydrogen) atoms. The van der Waals surface area contributed by atoms with Gasteiger partial charge in [-0.3, -0.25) is 4.90 Å². The van der Waals surface area contributed by atoms with Crippen LogP contribution in [0.5, 0.6) is 0 Å². The predicted octanol–water partition coefficient (Wildman–Crippen LogP) is 3.26. The zero-order valence-corrected chi connectivity index (χ0v) is 12.6. The molecule has 4 atom stereocenters.